The van der Waals surface area contributed by atoms with E-state index in [-0.39, 0.29) is 23.1 Å². The first-order valence-corrected chi connectivity index (χ1v) is 13.0. The molecule has 0 aliphatic carbocycles. The summed E-state index contributed by atoms with van der Waals surface area (Å²) in [7, 11) is -16.7. The minimum absolute atomic E-state index is 0.116. The Hall–Kier alpha value is -1.23. The molecule has 0 aromatic carbocycles. The molecule has 0 radical (unpaired) electrons. The zero-order valence-corrected chi connectivity index (χ0v) is 18.7. The summed E-state index contributed by atoms with van der Waals surface area (Å²) in [5.41, 5.74) is -1.73. The molecule has 1 aliphatic heterocycles. The Morgan fingerprint density at radius 3 is 2.31 bits per heavy atom. The Bertz CT molecular complexity index is 1090. The third kappa shape index (κ3) is 6.88. The molecule has 1 aromatic heterocycles. The van der Waals surface area contributed by atoms with Crippen LogP contribution >= 0.6 is 23.5 Å². The molecule has 32 heavy (non-hydrogen) atoms. The van der Waals surface area contributed by atoms with Gasteiger partial charge in [0.2, 0.25) is 0 Å². The Labute approximate surface area is 178 Å². The smallest absolute Gasteiger partial charge is 0.390 e. The quantitative estimate of drug-likeness (QED) is 0.140. The van der Waals surface area contributed by atoms with Gasteiger partial charge in [0.05, 0.1) is 12.7 Å². The fourth-order valence-electron chi connectivity index (χ4n) is 2.65. The summed E-state index contributed by atoms with van der Waals surface area (Å²) in [5.74, 6) is 4.95. The molecule has 2 rings (SSSR count). The van der Waals surface area contributed by atoms with Crippen LogP contribution in [0.25, 0.3) is 0 Å². The van der Waals surface area contributed by atoms with Gasteiger partial charge in [-0.15, -0.1) is 5.90 Å². The predicted octanol–water partition coefficient (Wildman–Crippen LogP) is -2.13. The molecular formula is C11H20N3O15P3. The topological polar surface area (TPSA) is 269 Å². The predicted molar refractivity (Wildman–Crippen MR) is 99.5 cm³/mol. The van der Waals surface area contributed by atoms with Crippen LogP contribution in [0.3, 0.4) is 0 Å². The van der Waals surface area contributed by atoms with Gasteiger partial charge in [0.15, 0.2) is 0 Å². The van der Waals surface area contributed by atoms with Gasteiger partial charge in [0, 0.05) is 18.2 Å². The summed E-state index contributed by atoms with van der Waals surface area (Å²) >= 11 is 0. The van der Waals surface area contributed by atoms with Crippen LogP contribution in [0.4, 0.5) is 0 Å². The molecule has 1 fully saturated rings. The highest BCUT2D eigenvalue weighted by Crippen LogP contribution is 2.66. The zero-order chi connectivity index (χ0) is 24.5. The summed E-state index contributed by atoms with van der Waals surface area (Å²) in [4.78, 5) is 64.2. The van der Waals surface area contributed by atoms with Gasteiger partial charge in [-0.05, 0) is 6.42 Å². The third-order valence-corrected chi connectivity index (χ3v) is 7.77. The van der Waals surface area contributed by atoms with Crippen molar-refractivity contribution in [1.82, 2.24) is 9.30 Å². The highest BCUT2D eigenvalue weighted by molar-refractivity contribution is 7.66. The Kier molecular flexibility index (Phi) is 8.40. The van der Waals surface area contributed by atoms with Gasteiger partial charge in [-0.25, -0.2) is 18.5 Å². The number of nitrogens with zero attached hydrogens (tertiary/aromatic N) is 2. The molecule has 0 saturated carbocycles. The van der Waals surface area contributed by atoms with E-state index in [2.05, 4.69) is 18.1 Å². The molecule has 2 heterocycles. The van der Waals surface area contributed by atoms with E-state index in [1.54, 1.807) is 6.92 Å². The van der Waals surface area contributed by atoms with Crippen molar-refractivity contribution in [3.63, 3.8) is 0 Å². The van der Waals surface area contributed by atoms with E-state index in [9.17, 15) is 33.3 Å². The molecule has 1 saturated heterocycles. The van der Waals surface area contributed by atoms with E-state index in [1.165, 1.54) is 0 Å². The minimum Gasteiger partial charge on any atom is -0.390 e. The maximum atomic E-state index is 12.4. The lowest BCUT2D eigenvalue weighted by Crippen LogP contribution is -2.47. The first-order valence-electron chi connectivity index (χ1n) is 8.45. The highest BCUT2D eigenvalue weighted by Gasteiger charge is 2.43. The Balaban J connectivity index is 2.12. The zero-order valence-electron chi connectivity index (χ0n) is 16.1. The van der Waals surface area contributed by atoms with Crippen LogP contribution in [0, 0.1) is 0 Å². The maximum Gasteiger partial charge on any atom is 0.490 e. The van der Waals surface area contributed by atoms with Gasteiger partial charge < -0.3 is 34.4 Å². The fraction of sp³-hybridized carbons (Fsp3) is 0.636. The van der Waals surface area contributed by atoms with Crippen molar-refractivity contribution in [1.29, 1.82) is 0 Å². The molecule has 1 aromatic rings. The van der Waals surface area contributed by atoms with E-state index in [0.29, 0.717) is 0 Å². The van der Waals surface area contributed by atoms with Crippen molar-refractivity contribution in [2.24, 2.45) is 5.90 Å². The van der Waals surface area contributed by atoms with Crippen LogP contribution in [-0.4, -0.2) is 52.8 Å². The number of aliphatic hydroxyl groups is 1. The van der Waals surface area contributed by atoms with Crippen LogP contribution in [-0.2, 0) is 38.0 Å². The summed E-state index contributed by atoms with van der Waals surface area (Å²) in [6, 6.07) is 0. The number of aryl methyl sites for hydroxylation is 1. The molecule has 184 valence electrons. The van der Waals surface area contributed by atoms with Gasteiger partial charge in [0.25, 0.3) is 5.56 Å². The molecule has 1 aliphatic rings. The molecule has 18 nitrogen and oxygen atoms in total. The monoisotopic (exact) mass is 527 g/mol. The van der Waals surface area contributed by atoms with Crippen molar-refractivity contribution >= 4 is 23.5 Å². The van der Waals surface area contributed by atoms with E-state index in [0.717, 1.165) is 10.8 Å². The largest absolute Gasteiger partial charge is 0.490 e. The van der Waals surface area contributed by atoms with E-state index in [4.69, 9.17) is 25.3 Å². The van der Waals surface area contributed by atoms with Crippen LogP contribution in [0.5, 0.6) is 0 Å². The first kappa shape index (κ1) is 27.0. The second-order valence-corrected chi connectivity index (χ2v) is 10.6. The Morgan fingerprint density at radius 1 is 1.16 bits per heavy atom. The van der Waals surface area contributed by atoms with Gasteiger partial charge in [-0.3, -0.25) is 13.9 Å². The number of phosphoric acid groups is 3. The number of rotatable bonds is 10. The first-order chi connectivity index (χ1) is 14.6. The van der Waals surface area contributed by atoms with Gasteiger partial charge in [0.1, 0.15) is 12.3 Å². The number of phosphoric ester groups is 1. The lowest BCUT2D eigenvalue weighted by Gasteiger charge is -2.20. The SMILES string of the molecule is CCc1cn([C@H]2C[C@H](O)[C@@H](COP(=O)(O)OP(=O)(O)OP(=O)(O)O)O2)c(=O)n(ON)c1=O. The van der Waals surface area contributed by atoms with Gasteiger partial charge >= 0.3 is 29.2 Å². The normalized spacial score (nSPS) is 25.3. The summed E-state index contributed by atoms with van der Waals surface area (Å²) in [5, 5.41) is 10.1. The third-order valence-electron chi connectivity index (χ3n) is 3.97. The van der Waals surface area contributed by atoms with Crippen molar-refractivity contribution in [3.8, 4) is 0 Å². The standard InChI is InChI=1S/C11H20N3O15P3/c1-2-6-4-13(11(17)14(27-12)10(6)16)9-3-7(15)8(26-9)5-25-31(21,22)29-32(23,24)28-30(18,19)20/h4,7-9,15H,2-3,5,12H2,1H3,(H,21,22)(H,23,24)(H2,18,19,20)/t7-,8+,9+/m0/s1. The number of hydrogen-bond acceptors (Lipinski definition) is 12. The van der Waals surface area contributed by atoms with Crippen LogP contribution in [0.1, 0.15) is 25.1 Å². The number of ether oxygens (including phenoxy) is 1. The lowest BCUT2D eigenvalue weighted by atomic mass is 10.2. The number of nitrogens with two attached hydrogens (primary N) is 1. The van der Waals surface area contributed by atoms with Gasteiger partial charge in [-0.1, -0.05) is 11.7 Å². The van der Waals surface area contributed by atoms with E-state index in [1.807, 2.05) is 0 Å². The lowest BCUT2D eigenvalue weighted by molar-refractivity contribution is -0.0478. The average molecular weight is 527 g/mol. The van der Waals surface area contributed by atoms with Crippen molar-refractivity contribution in [3.05, 3.63) is 32.6 Å². The summed E-state index contributed by atoms with van der Waals surface area (Å²) in [6.45, 7) is 0.687. The van der Waals surface area contributed by atoms with Crippen LogP contribution in [0.2, 0.25) is 0 Å². The average Bonchev–Trinajstić information content (AvgIpc) is 2.98. The molecule has 0 bridgehead atoms. The molecule has 2 unspecified atom stereocenters. The van der Waals surface area contributed by atoms with E-state index >= 15 is 0 Å². The molecule has 5 atom stereocenters. The van der Waals surface area contributed by atoms with Crippen LogP contribution < -0.4 is 22.1 Å². The molecule has 7 N–H and O–H groups in total. The molecule has 0 spiro atoms. The molecule has 0 amide bonds. The van der Waals surface area contributed by atoms with Crippen molar-refractivity contribution in [2.45, 2.75) is 38.2 Å². The number of aromatic nitrogens is 2. The molecular weight excluding hydrogens is 507 g/mol. The van der Waals surface area contributed by atoms with Crippen molar-refractivity contribution < 1.29 is 61.2 Å². The summed E-state index contributed by atoms with van der Waals surface area (Å²) in [6.07, 6.45) is -2.87. The highest BCUT2D eigenvalue weighted by atomic mass is 31.3. The second kappa shape index (κ2) is 9.95. The maximum absolute atomic E-state index is 12.4. The number of aliphatic hydroxyl groups excluding tert-OH is 1. The number of hydrogen-bond donors (Lipinski definition) is 6. The van der Waals surface area contributed by atoms with Crippen molar-refractivity contribution in [2.75, 3.05) is 6.61 Å². The minimum atomic E-state index is -5.71. The fourth-order valence-corrected chi connectivity index (χ4v) is 5.68. The Morgan fingerprint density at radius 2 is 1.78 bits per heavy atom. The second-order valence-electron chi connectivity index (χ2n) is 6.22. The summed E-state index contributed by atoms with van der Waals surface area (Å²) < 4.78 is 51.8. The van der Waals surface area contributed by atoms with Gasteiger partial charge in [-0.2, -0.15) is 8.62 Å². The molecule has 21 heteroatoms. The van der Waals surface area contributed by atoms with E-state index < -0.39 is 59.8 Å². The van der Waals surface area contributed by atoms with Crippen LogP contribution in [0.15, 0.2) is 15.8 Å².